The molecule has 4 fully saturated rings. The fourth-order valence-electron chi connectivity index (χ4n) is 8.03. The maximum absolute atomic E-state index is 15.8. The van der Waals surface area contributed by atoms with E-state index in [0.717, 1.165) is 25.0 Å². The van der Waals surface area contributed by atoms with E-state index in [1.165, 1.54) is 14.2 Å². The Kier molecular flexibility index (Phi) is 10.9. The Morgan fingerprint density at radius 1 is 1.02 bits per heavy atom. The topological polar surface area (TPSA) is 154 Å². The maximum atomic E-state index is 15.8. The first kappa shape index (κ1) is 39.9. The fourth-order valence-corrected chi connectivity index (χ4v) is 8.03. The quantitative estimate of drug-likeness (QED) is 0.212. The molecule has 2 amide bonds. The van der Waals surface area contributed by atoms with Crippen molar-refractivity contribution in [2.45, 2.75) is 116 Å². The molecule has 1 saturated heterocycles. The van der Waals surface area contributed by atoms with Gasteiger partial charge in [-0.1, -0.05) is 26.0 Å². The van der Waals surface area contributed by atoms with Gasteiger partial charge in [0.25, 0.3) is 0 Å². The monoisotopic (exact) mass is 735 g/mol. The summed E-state index contributed by atoms with van der Waals surface area (Å²) in [5.41, 5.74) is -1.91. The van der Waals surface area contributed by atoms with E-state index in [1.807, 2.05) is 13.0 Å². The van der Waals surface area contributed by atoms with Crippen LogP contribution in [0.3, 0.4) is 0 Å². The number of hydrogen-bond acceptors (Lipinski definition) is 10. The van der Waals surface area contributed by atoms with Crippen LogP contribution in [0.1, 0.15) is 108 Å². The third-order valence-corrected chi connectivity index (χ3v) is 10.7. The van der Waals surface area contributed by atoms with Crippen LogP contribution in [0, 0.1) is 34.4 Å². The van der Waals surface area contributed by atoms with Crippen LogP contribution in [0.5, 0.6) is 11.5 Å². The molecule has 286 valence electrons. The highest BCUT2D eigenvalue weighted by atomic mass is 19.1. The first-order chi connectivity index (χ1) is 24.6. The first-order valence-corrected chi connectivity index (χ1v) is 17.9. The van der Waals surface area contributed by atoms with Crippen LogP contribution in [0.2, 0.25) is 0 Å². The number of alkyl carbamates (subject to hydrolysis) is 1. The number of carbonyl (C=O) groups is 3. The fraction of sp³-hybridized carbons (Fsp3) is 0.590. The Labute approximate surface area is 311 Å². The predicted octanol–water partition coefficient (Wildman–Crippen LogP) is 6.23. The van der Waals surface area contributed by atoms with Gasteiger partial charge in [-0.05, 0) is 103 Å². The second-order valence-electron chi connectivity index (χ2n) is 16.9. The van der Waals surface area contributed by atoms with Crippen LogP contribution in [0.25, 0.3) is 0 Å². The van der Waals surface area contributed by atoms with Crippen LogP contribution in [0.15, 0.2) is 30.3 Å². The molecule has 12 nitrogen and oxygen atoms in total. The Bertz CT molecular complexity index is 1800. The number of nitrogens with one attached hydrogen (secondary N) is 2. The third-order valence-electron chi connectivity index (χ3n) is 10.7. The third kappa shape index (κ3) is 8.11. The van der Waals surface area contributed by atoms with Gasteiger partial charge in [0.15, 0.2) is 0 Å². The molecule has 14 heteroatoms. The Balaban J connectivity index is 1.55. The van der Waals surface area contributed by atoms with E-state index in [1.54, 1.807) is 59.7 Å². The lowest BCUT2D eigenvalue weighted by molar-refractivity contribution is -0.199. The highest BCUT2D eigenvalue weighted by molar-refractivity contribution is 6.48. The second-order valence-corrected chi connectivity index (χ2v) is 16.9. The van der Waals surface area contributed by atoms with Gasteiger partial charge in [-0.2, -0.15) is 5.26 Å². The molecule has 3 saturated carbocycles. The van der Waals surface area contributed by atoms with Gasteiger partial charge >= 0.3 is 19.2 Å². The molecule has 2 aromatic rings. The average Bonchev–Trinajstić information content (AvgIpc) is 3.42. The zero-order chi connectivity index (χ0) is 39.3. The van der Waals surface area contributed by atoms with Gasteiger partial charge in [-0.3, -0.25) is 4.79 Å². The number of amides is 2. The molecule has 2 aromatic carbocycles. The van der Waals surface area contributed by atoms with Gasteiger partial charge in [0.05, 0.1) is 37.4 Å². The lowest BCUT2D eigenvalue weighted by Crippen LogP contribution is -2.65. The number of halogens is 1. The van der Waals surface area contributed by atoms with Crippen molar-refractivity contribution in [3.63, 3.8) is 0 Å². The van der Waals surface area contributed by atoms with Crippen molar-refractivity contribution in [1.29, 1.82) is 5.26 Å². The van der Waals surface area contributed by atoms with Crippen molar-refractivity contribution >= 4 is 25.1 Å². The molecule has 1 heterocycles. The molecule has 1 aliphatic heterocycles. The Hall–Kier alpha value is -4.35. The summed E-state index contributed by atoms with van der Waals surface area (Å²) in [6.07, 6.45) is 0.601. The summed E-state index contributed by atoms with van der Waals surface area (Å²) in [4.78, 5) is 40.9. The molecule has 1 unspecified atom stereocenters. The SMILES string of the molecule is COc1cc(F)c(C(NC(=O)OC(C)(C)C)C(=O)N[C@@H](Cc2cccc(C(=O)OC(C)(C)C)c2OC)B2O[C@@H]3C[C@@H]4C[C@@H](C4(C)C)[C@]3(C)O2)cc1C#N. The summed E-state index contributed by atoms with van der Waals surface area (Å²) in [5.74, 6) is -2.37. The normalized spacial score (nSPS) is 24.1. The van der Waals surface area contributed by atoms with Crippen LogP contribution in [-0.2, 0) is 30.0 Å². The predicted molar refractivity (Wildman–Crippen MR) is 194 cm³/mol. The Morgan fingerprint density at radius 2 is 1.70 bits per heavy atom. The summed E-state index contributed by atoms with van der Waals surface area (Å²) in [6.45, 7) is 16.8. The molecule has 2 bridgehead atoms. The summed E-state index contributed by atoms with van der Waals surface area (Å²) in [5, 5.41) is 15.3. The van der Waals surface area contributed by atoms with Gasteiger partial charge in [0.2, 0.25) is 5.91 Å². The van der Waals surface area contributed by atoms with E-state index in [-0.39, 0.29) is 52.0 Å². The molecule has 4 aliphatic rings. The van der Waals surface area contributed by atoms with Gasteiger partial charge < -0.3 is 38.9 Å². The molecular formula is C39H51BFN3O9. The maximum Gasteiger partial charge on any atom is 0.482 e. The minimum Gasteiger partial charge on any atom is -0.496 e. The van der Waals surface area contributed by atoms with Gasteiger partial charge in [-0.25, -0.2) is 14.0 Å². The molecular weight excluding hydrogens is 684 g/mol. The van der Waals surface area contributed by atoms with E-state index in [2.05, 4.69) is 24.5 Å². The van der Waals surface area contributed by atoms with E-state index < -0.39 is 59.7 Å². The molecule has 3 aliphatic carbocycles. The van der Waals surface area contributed by atoms with Gasteiger partial charge in [0.1, 0.15) is 46.2 Å². The van der Waals surface area contributed by atoms with E-state index in [0.29, 0.717) is 11.5 Å². The van der Waals surface area contributed by atoms with Crippen molar-refractivity contribution in [2.24, 2.45) is 17.3 Å². The van der Waals surface area contributed by atoms with E-state index in [4.69, 9.17) is 28.3 Å². The summed E-state index contributed by atoms with van der Waals surface area (Å²) in [6, 6.07) is 7.47. The van der Waals surface area contributed by atoms with Crippen molar-refractivity contribution in [1.82, 2.24) is 10.6 Å². The average molecular weight is 736 g/mol. The number of esters is 1. The highest BCUT2D eigenvalue weighted by Crippen LogP contribution is 2.65. The van der Waals surface area contributed by atoms with Gasteiger partial charge in [-0.15, -0.1) is 0 Å². The van der Waals surface area contributed by atoms with E-state index >= 15 is 4.39 Å². The number of para-hydroxylation sites is 1. The minimum atomic E-state index is -1.66. The second kappa shape index (κ2) is 14.5. The number of methoxy groups -OCH3 is 2. The Morgan fingerprint density at radius 3 is 2.28 bits per heavy atom. The van der Waals surface area contributed by atoms with Crippen molar-refractivity contribution in [3.8, 4) is 17.6 Å². The lowest BCUT2D eigenvalue weighted by atomic mass is 9.43. The molecule has 0 radical (unpaired) electrons. The number of ether oxygens (including phenoxy) is 4. The number of benzene rings is 2. The first-order valence-electron chi connectivity index (χ1n) is 17.9. The van der Waals surface area contributed by atoms with Gasteiger partial charge in [0, 0.05) is 11.6 Å². The van der Waals surface area contributed by atoms with Crippen molar-refractivity contribution in [3.05, 3.63) is 58.4 Å². The highest BCUT2D eigenvalue weighted by Gasteiger charge is 2.68. The number of rotatable bonds is 10. The number of nitriles is 1. The van der Waals surface area contributed by atoms with Crippen LogP contribution in [-0.4, -0.2) is 68.2 Å². The largest absolute Gasteiger partial charge is 0.496 e. The number of nitrogens with zero attached hydrogens (tertiary/aromatic N) is 1. The summed E-state index contributed by atoms with van der Waals surface area (Å²) >= 11 is 0. The smallest absolute Gasteiger partial charge is 0.482 e. The van der Waals surface area contributed by atoms with Crippen LogP contribution in [0.4, 0.5) is 9.18 Å². The van der Waals surface area contributed by atoms with E-state index in [9.17, 15) is 19.6 Å². The number of hydrogen-bond donors (Lipinski definition) is 2. The van der Waals surface area contributed by atoms with Crippen LogP contribution < -0.4 is 20.1 Å². The lowest BCUT2D eigenvalue weighted by Gasteiger charge is -2.64. The molecule has 6 rings (SSSR count). The minimum absolute atomic E-state index is 0.0371. The summed E-state index contributed by atoms with van der Waals surface area (Å²) < 4.78 is 51.2. The zero-order valence-electron chi connectivity index (χ0n) is 32.5. The molecule has 0 aromatic heterocycles. The molecule has 2 N–H and O–H groups in total. The standard InChI is InChI=1S/C39H51BFN3O9/c1-36(2,3)50-34(46)24-14-12-13-21(32(24)49-11)16-30(40-52-29-18-23-17-28(38(23,7)8)39(29,9)53-40)43-33(45)31(44-35(47)51-37(4,5)6)25-15-22(20-42)27(48-10)19-26(25)41/h12-15,19,23,28-31H,16-18H2,1-11H3,(H,43,45)(H,44,47)/t23-,28-,29+,30-,31?,39-/m0/s1. The van der Waals surface area contributed by atoms with Crippen LogP contribution >= 0.6 is 0 Å². The molecule has 6 atom stereocenters. The zero-order valence-corrected chi connectivity index (χ0v) is 32.5. The van der Waals surface area contributed by atoms with Crippen molar-refractivity contribution in [2.75, 3.05) is 14.2 Å². The number of carbonyl (C=O) groups excluding carboxylic acids is 3. The van der Waals surface area contributed by atoms with Crippen molar-refractivity contribution < 1.29 is 47.0 Å². The summed E-state index contributed by atoms with van der Waals surface area (Å²) in [7, 11) is 1.75. The molecule has 0 spiro atoms. The molecule has 53 heavy (non-hydrogen) atoms.